The molecule has 49 heavy (non-hydrogen) atoms. The van der Waals surface area contributed by atoms with Crippen LogP contribution < -0.4 is 5.56 Å². The second-order valence-corrected chi connectivity index (χ2v) is 10.6. The molecule has 0 atom stereocenters. The number of thiophene rings is 1. The van der Waals surface area contributed by atoms with Gasteiger partial charge >= 0.3 is 6.18 Å². The number of rotatable bonds is 3. The van der Waals surface area contributed by atoms with E-state index >= 15 is 17.6 Å². The van der Waals surface area contributed by atoms with Gasteiger partial charge in [0, 0.05) is 70.2 Å². The molecular formula is C29H11EuF12NO5S. The Bertz CT molecular complexity index is 2370. The van der Waals surface area contributed by atoms with E-state index in [4.69, 9.17) is 0 Å². The molecule has 0 amide bonds. The van der Waals surface area contributed by atoms with Crippen molar-refractivity contribution < 1.29 is 123 Å². The van der Waals surface area contributed by atoms with Gasteiger partial charge in [0.1, 0.15) is 17.0 Å². The normalized spacial score (nSPS) is 11.4. The summed E-state index contributed by atoms with van der Waals surface area (Å²) < 4.78 is 173. The molecule has 6 nitrogen and oxygen atoms in total. The summed E-state index contributed by atoms with van der Waals surface area (Å²) in [6, 6.07) is 8.15. The average molecular weight is 865 g/mol. The van der Waals surface area contributed by atoms with E-state index in [0.29, 0.717) is 10.1 Å². The molecule has 6 rings (SSSR count). The largest absolute Gasteiger partial charge is 0.506 e. The van der Waals surface area contributed by atoms with Gasteiger partial charge in [-0.15, -0.1) is 11.3 Å². The van der Waals surface area contributed by atoms with E-state index in [1.165, 1.54) is 30.3 Å². The molecule has 1 radical (unpaired) electrons. The van der Waals surface area contributed by atoms with Crippen LogP contribution in [0.3, 0.4) is 0 Å². The van der Waals surface area contributed by atoms with Gasteiger partial charge in [-0.05, 0) is 12.1 Å². The number of Topliss-reactive ketones (excluding diaryl/α,β-unsaturated/α-hetero) is 1. The van der Waals surface area contributed by atoms with Crippen molar-refractivity contribution in [2.24, 2.45) is 0 Å². The Kier molecular flexibility index (Phi) is 11.1. The van der Waals surface area contributed by atoms with E-state index in [1.54, 1.807) is 0 Å². The van der Waals surface area contributed by atoms with Crippen molar-refractivity contribution in [2.75, 3.05) is 0 Å². The predicted molar refractivity (Wildman–Crippen MR) is 147 cm³/mol. The van der Waals surface area contributed by atoms with Gasteiger partial charge in [-0.25, -0.2) is 39.5 Å². The Balaban J connectivity index is 0.00000217. The number of ketones is 1. The van der Waals surface area contributed by atoms with Crippen LogP contribution in [0.5, 0.6) is 5.75 Å². The van der Waals surface area contributed by atoms with Crippen LogP contribution in [-0.2, 0) is 0 Å². The molecule has 4 aromatic carbocycles. The fraction of sp³-hybridized carbons (Fsp3) is 0.0345. The maximum Gasteiger partial charge on any atom is 0.455 e. The Hall–Kier alpha value is -3.56. The number of aromatic nitrogens is 1. The van der Waals surface area contributed by atoms with Gasteiger partial charge in [-0.1, -0.05) is 24.3 Å². The van der Waals surface area contributed by atoms with Crippen LogP contribution in [0, 0.1) is 102 Å². The van der Waals surface area contributed by atoms with Crippen molar-refractivity contribution in [1.29, 1.82) is 0 Å². The molecular weight excluding hydrogens is 854 g/mol. The summed E-state index contributed by atoms with van der Waals surface area (Å²) in [6.07, 6.45) is -5.88. The van der Waals surface area contributed by atoms with E-state index in [9.17, 15) is 49.8 Å². The molecule has 0 unspecified atom stereocenters. The first-order valence-electron chi connectivity index (χ1n) is 12.2. The Morgan fingerprint density at radius 2 is 1.10 bits per heavy atom. The molecule has 0 fully saturated rings. The summed E-state index contributed by atoms with van der Waals surface area (Å²) in [4.78, 5) is 25.7. The van der Waals surface area contributed by atoms with E-state index in [2.05, 4.69) is 0 Å². The minimum Gasteiger partial charge on any atom is -0.506 e. The van der Waals surface area contributed by atoms with Crippen LogP contribution >= 0.6 is 11.3 Å². The molecule has 0 bridgehead atoms. The molecule has 0 saturated carbocycles. The number of carbonyl (C=O) groups excluding carboxylic acids is 1. The zero-order valence-corrected chi connectivity index (χ0v) is 26.2. The monoisotopic (exact) mass is 866 g/mol. The quantitative estimate of drug-likeness (QED) is 0.0886. The summed E-state index contributed by atoms with van der Waals surface area (Å²) >= 11 is 0.737. The predicted octanol–water partition coefficient (Wildman–Crippen LogP) is 7.08. The van der Waals surface area contributed by atoms with Gasteiger partial charge in [0.25, 0.3) is 11.3 Å². The van der Waals surface area contributed by atoms with Crippen LogP contribution in [0.4, 0.5) is 52.7 Å². The van der Waals surface area contributed by atoms with E-state index in [1.807, 2.05) is 0 Å². The summed E-state index contributed by atoms with van der Waals surface area (Å²) in [5.74, 6) is -29.9. The Morgan fingerprint density at radius 1 is 0.653 bits per heavy atom. The van der Waals surface area contributed by atoms with Crippen LogP contribution in [0.1, 0.15) is 10.4 Å². The van der Waals surface area contributed by atoms with Gasteiger partial charge in [-0.2, -0.15) is 13.2 Å². The third-order valence-electron chi connectivity index (χ3n) is 7.06. The topological polar surface area (TPSA) is 122 Å². The number of pyridine rings is 1. The Morgan fingerprint density at radius 3 is 1.61 bits per heavy atom. The first-order valence-corrected chi connectivity index (χ1v) is 13.0. The van der Waals surface area contributed by atoms with Crippen LogP contribution in [0.15, 0.2) is 41.2 Å². The number of benzene rings is 4. The number of carbonyl (C=O) groups is 1. The molecule has 2 aromatic heterocycles. The molecule has 0 aliphatic heterocycles. The SMILES string of the molecule is O.O.O=C(c1c(O)c2ccc3c4ccccc4sc3c2n(-c2c(F)c(F)c(-c3c(F)c(F)c(F)c(F)c3F)c(F)c2F)c1=O)C(F)(F)F.[Eu]. The van der Waals surface area contributed by atoms with Crippen LogP contribution in [-0.4, -0.2) is 32.6 Å². The number of halogens is 12. The number of alkyl halides is 3. The number of hydrogen-bond acceptors (Lipinski definition) is 4. The van der Waals surface area contributed by atoms with Gasteiger partial charge in [0.05, 0.1) is 21.3 Å². The van der Waals surface area contributed by atoms with Crippen LogP contribution in [0.25, 0.3) is 47.9 Å². The standard InChI is InChI=1S/C29H7F12NO3S.Eu.2H2O/c30-14-11(15(31)19(35)20(36)18(14)34)12-16(32)21(37)24(22(38)17(12)33)42-23-9(25(43)13(28(42)45)27(44)29(39,40)41)6-5-8-7-3-1-2-4-10(7)46-26(8)23;;;/h1-6,43H;;2*1H2. The number of hydrogen-bond donors (Lipinski definition) is 1. The van der Waals surface area contributed by atoms with Crippen molar-refractivity contribution in [3.8, 4) is 22.6 Å². The van der Waals surface area contributed by atoms with Gasteiger partial charge in [0.15, 0.2) is 46.5 Å². The maximum absolute atomic E-state index is 15.8. The molecule has 0 aliphatic rings. The fourth-order valence-corrected chi connectivity index (χ4v) is 6.30. The summed E-state index contributed by atoms with van der Waals surface area (Å²) in [5.41, 5.74) is -12.4. The summed E-state index contributed by atoms with van der Waals surface area (Å²) in [7, 11) is 0. The van der Waals surface area contributed by atoms with E-state index in [-0.39, 0.29) is 75.0 Å². The summed E-state index contributed by atoms with van der Waals surface area (Å²) in [5, 5.41) is 10.4. The van der Waals surface area contributed by atoms with Crippen molar-refractivity contribution in [1.82, 2.24) is 4.57 Å². The average Bonchev–Trinajstić information content (AvgIpc) is 3.39. The fourth-order valence-electron chi connectivity index (χ4n) is 5.06. The smallest absolute Gasteiger partial charge is 0.455 e. The van der Waals surface area contributed by atoms with Crippen molar-refractivity contribution in [3.05, 3.63) is 105 Å². The third-order valence-corrected chi connectivity index (χ3v) is 8.25. The zero-order chi connectivity index (χ0) is 33.7. The van der Waals surface area contributed by atoms with Gasteiger partial charge in [-0.3, -0.25) is 14.2 Å². The second-order valence-electron chi connectivity index (χ2n) is 9.55. The third kappa shape index (κ3) is 5.71. The second kappa shape index (κ2) is 13.6. The van der Waals surface area contributed by atoms with Gasteiger partial charge < -0.3 is 16.1 Å². The molecule has 2 heterocycles. The maximum atomic E-state index is 15.8. The first kappa shape index (κ1) is 39.9. The summed E-state index contributed by atoms with van der Waals surface area (Å²) in [6.45, 7) is 0. The molecule has 0 spiro atoms. The molecule has 0 aliphatic carbocycles. The van der Waals surface area contributed by atoms with E-state index < -0.39 is 109 Å². The number of aromatic hydroxyl groups is 1. The Labute approximate surface area is 306 Å². The van der Waals surface area contributed by atoms with Crippen molar-refractivity contribution in [3.63, 3.8) is 0 Å². The minimum atomic E-state index is -5.88. The number of nitrogens with zero attached hydrogens (tertiary/aromatic N) is 1. The molecule has 5 N–H and O–H groups in total. The van der Waals surface area contributed by atoms with Crippen molar-refractivity contribution >= 4 is 48.2 Å². The molecule has 20 heteroatoms. The molecule has 0 saturated heterocycles. The van der Waals surface area contributed by atoms with Crippen molar-refractivity contribution in [2.45, 2.75) is 6.18 Å². The van der Waals surface area contributed by atoms with E-state index in [0.717, 1.165) is 17.4 Å². The first-order chi connectivity index (χ1) is 21.5. The molecule has 259 valence electrons. The molecule has 6 aromatic rings. The number of fused-ring (bicyclic) bond motifs is 5. The van der Waals surface area contributed by atoms with Gasteiger partial charge in [0.2, 0.25) is 5.82 Å². The zero-order valence-electron chi connectivity index (χ0n) is 23.0. The van der Waals surface area contributed by atoms with Crippen LogP contribution in [0.2, 0.25) is 0 Å². The minimum absolute atomic E-state index is 0.